The van der Waals surface area contributed by atoms with E-state index in [-0.39, 0.29) is 0 Å². The molecule has 0 aromatic carbocycles. The number of rotatable bonds is 5. The predicted molar refractivity (Wildman–Crippen MR) is 78.6 cm³/mol. The highest BCUT2D eigenvalue weighted by atomic mass is 79.9. The first kappa shape index (κ1) is 14.0. The highest BCUT2D eigenvalue weighted by Gasteiger charge is 2.34. The Morgan fingerprint density at radius 1 is 1.50 bits per heavy atom. The van der Waals surface area contributed by atoms with Crippen molar-refractivity contribution in [2.75, 3.05) is 26.7 Å². The minimum Gasteiger partial charge on any atom is -0.319 e. The highest BCUT2D eigenvalue weighted by molar-refractivity contribution is 9.10. The molecule has 4 heteroatoms. The molecule has 0 spiro atoms. The Balaban J connectivity index is 2.22. The van der Waals surface area contributed by atoms with Crippen molar-refractivity contribution in [1.82, 2.24) is 15.2 Å². The van der Waals surface area contributed by atoms with Crippen LogP contribution in [0.3, 0.4) is 0 Å². The van der Waals surface area contributed by atoms with Crippen LogP contribution in [0.5, 0.6) is 0 Å². The van der Waals surface area contributed by atoms with Gasteiger partial charge >= 0.3 is 0 Å². The summed E-state index contributed by atoms with van der Waals surface area (Å²) in [6.45, 7) is 5.72. The average Bonchev–Trinajstić information content (AvgIpc) is 2.73. The first-order chi connectivity index (χ1) is 8.76. The van der Waals surface area contributed by atoms with Crippen LogP contribution in [0.1, 0.15) is 31.4 Å². The van der Waals surface area contributed by atoms with E-state index in [4.69, 9.17) is 0 Å². The SMILES string of the molecule is CCCN1CCC(CNC)C1c1cncc(Br)c1. The summed E-state index contributed by atoms with van der Waals surface area (Å²) in [5.74, 6) is 0.692. The second-order valence-corrected chi connectivity index (χ2v) is 5.94. The van der Waals surface area contributed by atoms with Crippen molar-refractivity contribution in [2.24, 2.45) is 5.92 Å². The fourth-order valence-electron chi connectivity index (χ4n) is 3.01. The lowest BCUT2D eigenvalue weighted by Crippen LogP contribution is -2.29. The Bertz CT molecular complexity index is 369. The van der Waals surface area contributed by atoms with Gasteiger partial charge in [-0.3, -0.25) is 9.88 Å². The molecule has 1 aliphatic heterocycles. The maximum Gasteiger partial charge on any atom is 0.0410 e. The number of nitrogens with one attached hydrogen (secondary N) is 1. The zero-order valence-corrected chi connectivity index (χ0v) is 12.8. The molecule has 2 unspecified atom stereocenters. The van der Waals surface area contributed by atoms with Crippen LogP contribution in [-0.4, -0.2) is 36.6 Å². The molecule has 1 fully saturated rings. The molecule has 0 bridgehead atoms. The molecule has 1 aliphatic rings. The molecule has 0 radical (unpaired) electrons. The first-order valence-corrected chi connectivity index (χ1v) is 7.54. The third-order valence-corrected chi connectivity index (χ3v) is 4.11. The van der Waals surface area contributed by atoms with Gasteiger partial charge in [-0.1, -0.05) is 6.92 Å². The standard InChI is InChI=1S/C14H22BrN3/c1-3-5-18-6-4-11(8-16-2)14(18)12-7-13(15)10-17-9-12/h7,9-11,14,16H,3-6,8H2,1-2H3. The van der Waals surface area contributed by atoms with E-state index in [2.05, 4.69) is 44.1 Å². The van der Waals surface area contributed by atoms with Crippen LogP contribution in [0.2, 0.25) is 0 Å². The summed E-state index contributed by atoms with van der Waals surface area (Å²) in [4.78, 5) is 6.93. The molecular formula is C14H22BrN3. The van der Waals surface area contributed by atoms with Gasteiger partial charge in [-0.2, -0.15) is 0 Å². The highest BCUT2D eigenvalue weighted by Crippen LogP contribution is 2.37. The van der Waals surface area contributed by atoms with E-state index in [0.29, 0.717) is 12.0 Å². The zero-order chi connectivity index (χ0) is 13.0. The summed E-state index contributed by atoms with van der Waals surface area (Å²) in [7, 11) is 2.04. The molecule has 100 valence electrons. The molecular weight excluding hydrogens is 290 g/mol. The largest absolute Gasteiger partial charge is 0.319 e. The minimum absolute atomic E-state index is 0.516. The third kappa shape index (κ3) is 3.11. The summed E-state index contributed by atoms with van der Waals surface area (Å²) < 4.78 is 1.08. The molecule has 2 atom stereocenters. The third-order valence-electron chi connectivity index (χ3n) is 3.67. The van der Waals surface area contributed by atoms with E-state index in [9.17, 15) is 0 Å². The quantitative estimate of drug-likeness (QED) is 0.906. The van der Waals surface area contributed by atoms with E-state index < -0.39 is 0 Å². The summed E-state index contributed by atoms with van der Waals surface area (Å²) in [5, 5.41) is 3.33. The molecule has 18 heavy (non-hydrogen) atoms. The van der Waals surface area contributed by atoms with Crippen LogP contribution in [0.4, 0.5) is 0 Å². The Labute approximate surface area is 118 Å². The van der Waals surface area contributed by atoms with E-state index >= 15 is 0 Å². The van der Waals surface area contributed by atoms with Crippen molar-refractivity contribution in [2.45, 2.75) is 25.8 Å². The number of halogens is 1. The van der Waals surface area contributed by atoms with Gasteiger partial charge in [0.15, 0.2) is 0 Å². The second-order valence-electron chi connectivity index (χ2n) is 5.02. The lowest BCUT2D eigenvalue weighted by Gasteiger charge is -2.28. The van der Waals surface area contributed by atoms with Crippen LogP contribution in [0.15, 0.2) is 22.9 Å². The lowest BCUT2D eigenvalue weighted by atomic mass is 9.94. The predicted octanol–water partition coefficient (Wildman–Crippen LogP) is 2.84. The van der Waals surface area contributed by atoms with Gasteiger partial charge in [0.2, 0.25) is 0 Å². The number of hydrogen-bond acceptors (Lipinski definition) is 3. The molecule has 1 aromatic rings. The Morgan fingerprint density at radius 3 is 3.00 bits per heavy atom. The average molecular weight is 312 g/mol. The van der Waals surface area contributed by atoms with Gasteiger partial charge in [-0.05, 0) is 73.0 Å². The minimum atomic E-state index is 0.516. The van der Waals surface area contributed by atoms with Gasteiger partial charge in [0.1, 0.15) is 0 Å². The molecule has 0 saturated carbocycles. The van der Waals surface area contributed by atoms with E-state index in [1.165, 1.54) is 31.5 Å². The molecule has 1 N–H and O–H groups in total. The summed E-state index contributed by atoms with van der Waals surface area (Å²) in [6.07, 6.45) is 6.37. The van der Waals surface area contributed by atoms with Crippen molar-refractivity contribution in [3.63, 3.8) is 0 Å². The van der Waals surface area contributed by atoms with Gasteiger partial charge in [0.05, 0.1) is 0 Å². The number of likely N-dealkylation sites (tertiary alicyclic amines) is 1. The summed E-state index contributed by atoms with van der Waals surface area (Å²) >= 11 is 3.53. The van der Waals surface area contributed by atoms with Gasteiger partial charge in [-0.25, -0.2) is 0 Å². The van der Waals surface area contributed by atoms with Crippen LogP contribution in [0, 0.1) is 5.92 Å². The van der Waals surface area contributed by atoms with Gasteiger partial charge in [-0.15, -0.1) is 0 Å². The first-order valence-electron chi connectivity index (χ1n) is 6.75. The molecule has 2 rings (SSSR count). The van der Waals surface area contributed by atoms with E-state index in [0.717, 1.165) is 11.0 Å². The molecule has 2 heterocycles. The molecule has 0 amide bonds. The van der Waals surface area contributed by atoms with Crippen LogP contribution in [0.25, 0.3) is 0 Å². The Hall–Kier alpha value is -0.450. The second kappa shape index (κ2) is 6.64. The summed E-state index contributed by atoms with van der Waals surface area (Å²) in [5.41, 5.74) is 1.34. The maximum absolute atomic E-state index is 4.32. The Kier molecular flexibility index (Phi) is 5.15. The number of hydrogen-bond donors (Lipinski definition) is 1. The maximum atomic E-state index is 4.32. The fraction of sp³-hybridized carbons (Fsp3) is 0.643. The van der Waals surface area contributed by atoms with Crippen LogP contribution < -0.4 is 5.32 Å². The normalized spacial score (nSPS) is 24.6. The van der Waals surface area contributed by atoms with Crippen LogP contribution >= 0.6 is 15.9 Å². The van der Waals surface area contributed by atoms with Crippen molar-refractivity contribution in [3.05, 3.63) is 28.5 Å². The Morgan fingerprint density at radius 2 is 2.33 bits per heavy atom. The topological polar surface area (TPSA) is 28.2 Å². The van der Waals surface area contributed by atoms with Gasteiger partial charge in [0, 0.05) is 22.9 Å². The van der Waals surface area contributed by atoms with Crippen molar-refractivity contribution >= 4 is 15.9 Å². The monoisotopic (exact) mass is 311 g/mol. The van der Waals surface area contributed by atoms with E-state index in [1.807, 2.05) is 19.4 Å². The van der Waals surface area contributed by atoms with Crippen molar-refractivity contribution < 1.29 is 0 Å². The number of aromatic nitrogens is 1. The number of pyridine rings is 1. The fourth-order valence-corrected chi connectivity index (χ4v) is 3.40. The molecule has 1 aromatic heterocycles. The zero-order valence-electron chi connectivity index (χ0n) is 11.2. The lowest BCUT2D eigenvalue weighted by molar-refractivity contribution is 0.227. The molecule has 3 nitrogen and oxygen atoms in total. The molecule has 0 aliphatic carbocycles. The van der Waals surface area contributed by atoms with Crippen molar-refractivity contribution in [3.8, 4) is 0 Å². The smallest absolute Gasteiger partial charge is 0.0410 e. The van der Waals surface area contributed by atoms with E-state index in [1.54, 1.807) is 0 Å². The van der Waals surface area contributed by atoms with Gasteiger partial charge in [0.25, 0.3) is 0 Å². The van der Waals surface area contributed by atoms with Gasteiger partial charge < -0.3 is 5.32 Å². The van der Waals surface area contributed by atoms with Crippen molar-refractivity contribution in [1.29, 1.82) is 0 Å². The number of nitrogens with zero attached hydrogens (tertiary/aromatic N) is 2. The van der Waals surface area contributed by atoms with Crippen LogP contribution in [-0.2, 0) is 0 Å². The summed E-state index contributed by atoms with van der Waals surface area (Å²) in [6, 6.07) is 2.73. The molecule has 1 saturated heterocycles.